The maximum atomic E-state index is 7.34. The largest absolute Gasteiger partial charge is 0.411 e. The Labute approximate surface area is 333 Å². The molecule has 0 heterocycles. The first-order valence-corrected chi connectivity index (χ1v) is 31.0. The van der Waals surface area contributed by atoms with Crippen LogP contribution in [0.4, 0.5) is 0 Å². The minimum atomic E-state index is -1.98. The molecule has 53 heavy (non-hydrogen) atoms. The summed E-state index contributed by atoms with van der Waals surface area (Å²) >= 11 is 0. The summed E-state index contributed by atoms with van der Waals surface area (Å²) in [6.45, 7) is 40.9. The Bertz CT molecular complexity index is 1240. The fourth-order valence-electron chi connectivity index (χ4n) is 10.7. The molecule has 6 heteroatoms. The topological polar surface area (TPSA) is 27.7 Å². The van der Waals surface area contributed by atoms with Crippen LogP contribution in [0.15, 0.2) is 35.5 Å². The number of hydrogen-bond donors (Lipinski definition) is 0. The van der Waals surface area contributed by atoms with E-state index in [2.05, 4.69) is 115 Å². The van der Waals surface area contributed by atoms with Crippen LogP contribution in [0.3, 0.4) is 0 Å². The van der Waals surface area contributed by atoms with Crippen molar-refractivity contribution >= 4 is 25.0 Å². The third-order valence-electron chi connectivity index (χ3n) is 16.6. The summed E-state index contributed by atoms with van der Waals surface area (Å²) in [7, 11) is -5.56. The van der Waals surface area contributed by atoms with Gasteiger partial charge in [-0.2, -0.15) is 0 Å². The molecule has 0 radical (unpaired) electrons. The van der Waals surface area contributed by atoms with Crippen LogP contribution in [-0.4, -0.2) is 42.8 Å². The molecule has 0 bridgehead atoms. The molecular weight excluding hydrogens is 697 g/mol. The minimum Gasteiger partial charge on any atom is -0.411 e. The normalized spacial score (nSPS) is 30.2. The third kappa shape index (κ3) is 10.3. The maximum Gasteiger partial charge on any atom is 0.192 e. The first-order valence-electron chi connectivity index (χ1n) is 22.6. The van der Waals surface area contributed by atoms with Crippen LogP contribution in [-0.2, 0) is 13.3 Å². The van der Waals surface area contributed by atoms with E-state index in [1.807, 2.05) is 0 Å². The fourth-order valence-corrected chi connectivity index (χ4v) is 16.5. The zero-order valence-electron chi connectivity index (χ0n) is 38.0. The second kappa shape index (κ2) is 17.3. The number of allylic oxidation sites excluding steroid dienone is 3. The van der Waals surface area contributed by atoms with Crippen LogP contribution in [0.1, 0.15) is 166 Å². The molecular formula is C47H88O3Si3. The van der Waals surface area contributed by atoms with Gasteiger partial charge in [-0.25, -0.2) is 0 Å². The van der Waals surface area contributed by atoms with E-state index in [9.17, 15) is 0 Å². The van der Waals surface area contributed by atoms with Crippen LogP contribution >= 0.6 is 0 Å². The third-order valence-corrected chi connectivity index (χ3v) is 30.3. The van der Waals surface area contributed by atoms with Crippen LogP contribution in [0.5, 0.6) is 0 Å². The lowest BCUT2D eigenvalue weighted by Gasteiger charge is -2.46. The summed E-state index contributed by atoms with van der Waals surface area (Å²) < 4.78 is 21.6. The van der Waals surface area contributed by atoms with Crippen molar-refractivity contribution in [3.05, 3.63) is 35.5 Å². The van der Waals surface area contributed by atoms with Gasteiger partial charge in [0.05, 0.1) is 17.8 Å². The number of hydrogen-bond acceptors (Lipinski definition) is 3. The van der Waals surface area contributed by atoms with E-state index in [0.717, 1.165) is 30.6 Å². The second-order valence-electron chi connectivity index (χ2n) is 22.0. The molecule has 0 aromatic carbocycles. The van der Waals surface area contributed by atoms with Crippen molar-refractivity contribution in [3.8, 4) is 0 Å². The minimum absolute atomic E-state index is 0.0378. The Kier molecular flexibility index (Phi) is 14.8. The molecule has 0 spiro atoms. The lowest BCUT2D eigenvalue weighted by Crippen LogP contribution is -2.49. The molecule has 0 aromatic rings. The van der Waals surface area contributed by atoms with Gasteiger partial charge in [-0.3, -0.25) is 0 Å². The van der Waals surface area contributed by atoms with Crippen molar-refractivity contribution in [1.82, 2.24) is 0 Å². The molecule has 4 saturated carbocycles. The van der Waals surface area contributed by atoms with Crippen molar-refractivity contribution in [1.29, 1.82) is 0 Å². The van der Waals surface area contributed by atoms with Gasteiger partial charge in [0.15, 0.2) is 25.0 Å². The van der Waals surface area contributed by atoms with Gasteiger partial charge >= 0.3 is 0 Å². The zero-order valence-corrected chi connectivity index (χ0v) is 41.0. The highest BCUT2D eigenvalue weighted by atomic mass is 28.4. The molecule has 0 amide bonds. The maximum absolute atomic E-state index is 7.34. The number of fused-ring (bicyclic) bond motifs is 1. The highest BCUT2D eigenvalue weighted by Crippen LogP contribution is 2.60. The van der Waals surface area contributed by atoms with Crippen molar-refractivity contribution in [2.45, 2.75) is 238 Å². The Morgan fingerprint density at radius 3 is 1.81 bits per heavy atom. The Hall–Kier alpha value is -0.249. The van der Waals surface area contributed by atoms with E-state index < -0.39 is 25.0 Å². The zero-order chi connectivity index (χ0) is 39.7. The second-order valence-corrected chi connectivity index (χ2v) is 36.2. The molecule has 4 aliphatic rings. The van der Waals surface area contributed by atoms with E-state index in [4.69, 9.17) is 19.9 Å². The van der Waals surface area contributed by atoms with Crippen LogP contribution < -0.4 is 0 Å². The van der Waals surface area contributed by atoms with Gasteiger partial charge in [-0.05, 0) is 147 Å². The van der Waals surface area contributed by atoms with E-state index in [-0.39, 0.29) is 27.9 Å². The van der Waals surface area contributed by atoms with Gasteiger partial charge in [0, 0.05) is 0 Å². The molecule has 4 rings (SSSR count). The standard InChI is InChI=1S/C47H88O3Si3/c1-17-53(18-2,19-3)50-47(31-20-21-32-47)33-22-24-36(4)40-28-29-41-39(25-23-30-46(40,41)12)27-26-38-34-42(48-51(13,14)44(6,7)8)37(5)43(35-38)49-52(15,16)45(9,10)11/h26-27,36,40-43H,5,17-25,28-35H2,1-4,6-16H3/b39-27+/t36-,40?,41?,42+,43+,46+/m0/s1. The molecule has 6 atom stereocenters. The fraction of sp³-hybridized carbons (Fsp3) is 0.872. The molecule has 0 saturated heterocycles. The molecule has 0 aromatic heterocycles. The van der Waals surface area contributed by atoms with Gasteiger partial charge in [0.2, 0.25) is 0 Å². The molecule has 4 fully saturated rings. The molecule has 2 unspecified atom stereocenters. The molecule has 0 N–H and O–H groups in total. The summed E-state index contributed by atoms with van der Waals surface area (Å²) in [4.78, 5) is 0. The smallest absolute Gasteiger partial charge is 0.192 e. The SMILES string of the molecule is C=C1[C@H](O[Si](C)(C)C(C)(C)C)CC(=C/C=C2\CCC[C@@]3(C)C2CCC3[C@@H](C)CCCC2(O[Si](CC)(CC)CC)CCCC2)C[C@H]1O[Si](C)(C)C(C)(C)C. The highest BCUT2D eigenvalue weighted by Gasteiger charge is 2.51. The van der Waals surface area contributed by atoms with Gasteiger partial charge in [-0.1, -0.05) is 132 Å². The van der Waals surface area contributed by atoms with E-state index in [1.54, 1.807) is 5.57 Å². The molecule has 0 aliphatic heterocycles. The summed E-state index contributed by atoms with van der Waals surface area (Å²) in [6.07, 6.45) is 23.3. The molecule has 4 aliphatic carbocycles. The monoisotopic (exact) mass is 785 g/mol. The van der Waals surface area contributed by atoms with Crippen molar-refractivity contribution in [2.75, 3.05) is 0 Å². The van der Waals surface area contributed by atoms with Gasteiger partial charge < -0.3 is 13.3 Å². The first kappa shape index (κ1) is 45.5. The summed E-state index contributed by atoms with van der Waals surface area (Å²) in [5.41, 5.74) is 5.03. The van der Waals surface area contributed by atoms with Gasteiger partial charge in [-0.15, -0.1) is 0 Å². The molecule has 306 valence electrons. The van der Waals surface area contributed by atoms with Crippen LogP contribution in [0.25, 0.3) is 0 Å². The summed E-state index contributed by atoms with van der Waals surface area (Å²) in [5, 5.41) is 0.320. The first-order chi connectivity index (χ1) is 24.5. The van der Waals surface area contributed by atoms with Crippen LogP contribution in [0, 0.1) is 23.2 Å². The summed E-state index contributed by atoms with van der Waals surface area (Å²) in [6, 6.07) is 3.83. The highest BCUT2D eigenvalue weighted by molar-refractivity contribution is 6.74. The Morgan fingerprint density at radius 1 is 0.792 bits per heavy atom. The van der Waals surface area contributed by atoms with Crippen LogP contribution in [0.2, 0.25) is 54.4 Å². The van der Waals surface area contributed by atoms with Crippen molar-refractivity contribution in [3.63, 3.8) is 0 Å². The average molecular weight is 785 g/mol. The average Bonchev–Trinajstić information content (AvgIpc) is 3.67. The lowest BCUT2D eigenvalue weighted by molar-refractivity contribution is 0.0455. The lowest BCUT2D eigenvalue weighted by atomic mass is 9.60. The Balaban J connectivity index is 1.49. The predicted molar refractivity (Wildman–Crippen MR) is 239 cm³/mol. The number of rotatable bonds is 15. The Morgan fingerprint density at radius 2 is 1.32 bits per heavy atom. The summed E-state index contributed by atoms with van der Waals surface area (Å²) in [5.74, 6) is 2.35. The van der Waals surface area contributed by atoms with Gasteiger partial charge in [0.1, 0.15) is 0 Å². The van der Waals surface area contributed by atoms with E-state index in [1.165, 1.54) is 106 Å². The van der Waals surface area contributed by atoms with E-state index >= 15 is 0 Å². The van der Waals surface area contributed by atoms with Crippen molar-refractivity contribution < 1.29 is 13.3 Å². The quantitative estimate of drug-likeness (QED) is 0.122. The molecule has 3 nitrogen and oxygen atoms in total. The van der Waals surface area contributed by atoms with Crippen molar-refractivity contribution in [2.24, 2.45) is 23.2 Å². The van der Waals surface area contributed by atoms with E-state index in [0.29, 0.717) is 5.41 Å². The predicted octanol–water partition coefficient (Wildman–Crippen LogP) is 15.3. The van der Waals surface area contributed by atoms with Gasteiger partial charge in [0.25, 0.3) is 0 Å².